The van der Waals surface area contributed by atoms with Crippen LogP contribution in [0.15, 0.2) is 75.9 Å². The number of furan rings is 1. The fourth-order valence-corrected chi connectivity index (χ4v) is 2.57. The summed E-state index contributed by atoms with van der Waals surface area (Å²) in [6.45, 7) is 2.00. The van der Waals surface area contributed by atoms with E-state index in [4.69, 9.17) is 8.94 Å². The SMILES string of the molecule is Cc1ccccc1-c1nc(-c2ccc(NC(=O)c3ccco3)cc2)no1. The van der Waals surface area contributed by atoms with Crippen molar-refractivity contribution in [1.82, 2.24) is 10.1 Å². The van der Waals surface area contributed by atoms with Crippen molar-refractivity contribution < 1.29 is 13.7 Å². The summed E-state index contributed by atoms with van der Waals surface area (Å²) in [7, 11) is 0. The number of anilines is 1. The second-order valence-electron chi connectivity index (χ2n) is 5.75. The van der Waals surface area contributed by atoms with Crippen LogP contribution in [0, 0.1) is 6.92 Å². The summed E-state index contributed by atoms with van der Waals surface area (Å²) in [6.07, 6.45) is 1.46. The number of nitrogens with one attached hydrogen (secondary N) is 1. The fraction of sp³-hybridized carbons (Fsp3) is 0.0500. The molecule has 0 bridgehead atoms. The molecule has 4 aromatic rings. The van der Waals surface area contributed by atoms with Crippen LogP contribution >= 0.6 is 0 Å². The first-order valence-electron chi connectivity index (χ1n) is 8.06. The van der Waals surface area contributed by atoms with E-state index >= 15 is 0 Å². The normalized spacial score (nSPS) is 10.7. The summed E-state index contributed by atoms with van der Waals surface area (Å²) >= 11 is 0. The van der Waals surface area contributed by atoms with Crippen molar-refractivity contribution in [2.24, 2.45) is 0 Å². The highest BCUT2D eigenvalue weighted by molar-refractivity contribution is 6.02. The summed E-state index contributed by atoms with van der Waals surface area (Å²) in [5.74, 6) is 0.930. The molecule has 0 atom stereocenters. The topological polar surface area (TPSA) is 81.2 Å². The van der Waals surface area contributed by atoms with Gasteiger partial charge in [0.25, 0.3) is 11.8 Å². The molecule has 0 aliphatic rings. The van der Waals surface area contributed by atoms with Gasteiger partial charge < -0.3 is 14.3 Å². The van der Waals surface area contributed by atoms with Crippen LogP contribution in [0.4, 0.5) is 5.69 Å². The minimum absolute atomic E-state index is 0.259. The van der Waals surface area contributed by atoms with Crippen LogP contribution < -0.4 is 5.32 Å². The average Bonchev–Trinajstić information content (AvgIpc) is 3.35. The van der Waals surface area contributed by atoms with E-state index in [1.807, 2.05) is 43.3 Å². The van der Waals surface area contributed by atoms with E-state index in [0.717, 1.165) is 16.7 Å². The molecule has 2 heterocycles. The zero-order valence-electron chi connectivity index (χ0n) is 14.0. The Morgan fingerprint density at radius 3 is 2.54 bits per heavy atom. The number of rotatable bonds is 4. The molecule has 0 saturated heterocycles. The molecule has 0 spiro atoms. The Hall–Kier alpha value is -3.67. The first-order chi connectivity index (χ1) is 12.7. The third-order valence-corrected chi connectivity index (χ3v) is 3.95. The lowest BCUT2D eigenvalue weighted by Crippen LogP contribution is -2.10. The van der Waals surface area contributed by atoms with Gasteiger partial charge in [-0.1, -0.05) is 23.4 Å². The molecule has 0 aliphatic carbocycles. The molecular weight excluding hydrogens is 330 g/mol. The van der Waals surface area contributed by atoms with Gasteiger partial charge in [0.15, 0.2) is 5.76 Å². The molecule has 0 saturated carbocycles. The number of amides is 1. The van der Waals surface area contributed by atoms with E-state index in [1.54, 1.807) is 24.3 Å². The van der Waals surface area contributed by atoms with Gasteiger partial charge in [0.1, 0.15) is 0 Å². The zero-order chi connectivity index (χ0) is 17.9. The van der Waals surface area contributed by atoms with E-state index < -0.39 is 0 Å². The highest BCUT2D eigenvalue weighted by Crippen LogP contribution is 2.25. The van der Waals surface area contributed by atoms with E-state index in [2.05, 4.69) is 15.5 Å². The maximum absolute atomic E-state index is 12.0. The van der Waals surface area contributed by atoms with Crippen LogP contribution in [-0.2, 0) is 0 Å². The first-order valence-corrected chi connectivity index (χ1v) is 8.06. The molecule has 2 aromatic carbocycles. The number of hydrogen-bond donors (Lipinski definition) is 1. The number of aryl methyl sites for hydroxylation is 1. The number of hydrogen-bond acceptors (Lipinski definition) is 5. The summed E-state index contributed by atoms with van der Waals surface area (Å²) in [4.78, 5) is 16.4. The van der Waals surface area contributed by atoms with Gasteiger partial charge in [0.05, 0.1) is 6.26 Å². The van der Waals surface area contributed by atoms with Crippen molar-refractivity contribution in [2.45, 2.75) is 6.92 Å². The van der Waals surface area contributed by atoms with Gasteiger partial charge in [-0.3, -0.25) is 4.79 Å². The molecule has 6 nitrogen and oxygen atoms in total. The number of benzene rings is 2. The number of nitrogens with zero attached hydrogens (tertiary/aromatic N) is 2. The zero-order valence-corrected chi connectivity index (χ0v) is 14.0. The second-order valence-corrected chi connectivity index (χ2v) is 5.75. The fourth-order valence-electron chi connectivity index (χ4n) is 2.57. The molecular formula is C20H15N3O3. The maximum Gasteiger partial charge on any atom is 0.291 e. The first kappa shape index (κ1) is 15.8. The van der Waals surface area contributed by atoms with Crippen LogP contribution in [0.2, 0.25) is 0 Å². The molecule has 0 unspecified atom stereocenters. The summed E-state index contributed by atoms with van der Waals surface area (Å²) in [5.41, 5.74) is 3.43. The van der Waals surface area contributed by atoms with Crippen LogP contribution in [0.5, 0.6) is 0 Å². The molecule has 0 aliphatic heterocycles. The quantitative estimate of drug-likeness (QED) is 0.586. The standard InChI is InChI=1S/C20H15N3O3/c1-13-5-2-3-6-16(13)20-22-18(23-26-20)14-8-10-15(11-9-14)21-19(24)17-7-4-12-25-17/h2-12H,1H3,(H,21,24). The Bertz CT molecular complexity index is 1030. The molecule has 2 aromatic heterocycles. The average molecular weight is 345 g/mol. The Balaban J connectivity index is 1.53. The van der Waals surface area contributed by atoms with Crippen LogP contribution in [0.3, 0.4) is 0 Å². The lowest BCUT2D eigenvalue weighted by molar-refractivity contribution is 0.0996. The van der Waals surface area contributed by atoms with E-state index in [0.29, 0.717) is 17.4 Å². The molecule has 0 fully saturated rings. The van der Waals surface area contributed by atoms with Crippen molar-refractivity contribution >= 4 is 11.6 Å². The lowest BCUT2D eigenvalue weighted by atomic mass is 10.1. The predicted octanol–water partition coefficient (Wildman–Crippen LogP) is 4.56. The number of carbonyl (C=O) groups excluding carboxylic acids is 1. The van der Waals surface area contributed by atoms with Gasteiger partial charge in [-0.25, -0.2) is 0 Å². The summed E-state index contributed by atoms with van der Waals surface area (Å²) in [6, 6.07) is 18.3. The predicted molar refractivity (Wildman–Crippen MR) is 96.6 cm³/mol. The third kappa shape index (κ3) is 3.12. The Labute approximate surface area is 149 Å². The van der Waals surface area contributed by atoms with Gasteiger partial charge in [-0.05, 0) is 55.0 Å². The molecule has 0 radical (unpaired) electrons. The molecule has 128 valence electrons. The van der Waals surface area contributed by atoms with Crippen LogP contribution in [0.25, 0.3) is 22.8 Å². The van der Waals surface area contributed by atoms with Gasteiger partial charge in [0.2, 0.25) is 5.82 Å². The maximum atomic E-state index is 12.0. The minimum atomic E-state index is -0.302. The Morgan fingerprint density at radius 1 is 1.00 bits per heavy atom. The van der Waals surface area contributed by atoms with Crippen molar-refractivity contribution in [1.29, 1.82) is 0 Å². The largest absolute Gasteiger partial charge is 0.459 e. The minimum Gasteiger partial charge on any atom is -0.459 e. The van der Waals surface area contributed by atoms with Crippen LogP contribution in [0.1, 0.15) is 16.1 Å². The van der Waals surface area contributed by atoms with E-state index in [1.165, 1.54) is 6.26 Å². The summed E-state index contributed by atoms with van der Waals surface area (Å²) < 4.78 is 10.5. The molecule has 1 amide bonds. The van der Waals surface area contributed by atoms with E-state index in [9.17, 15) is 4.79 Å². The Morgan fingerprint density at radius 2 is 1.81 bits per heavy atom. The molecule has 6 heteroatoms. The monoisotopic (exact) mass is 345 g/mol. The van der Waals surface area contributed by atoms with Crippen molar-refractivity contribution in [3.05, 3.63) is 78.3 Å². The van der Waals surface area contributed by atoms with Crippen molar-refractivity contribution in [3.8, 4) is 22.8 Å². The summed E-state index contributed by atoms with van der Waals surface area (Å²) in [5, 5.41) is 6.81. The van der Waals surface area contributed by atoms with Gasteiger partial charge >= 0.3 is 0 Å². The van der Waals surface area contributed by atoms with Gasteiger partial charge in [-0.15, -0.1) is 0 Å². The Kier molecular flexibility index (Phi) is 4.07. The van der Waals surface area contributed by atoms with Gasteiger partial charge in [-0.2, -0.15) is 4.98 Å². The third-order valence-electron chi connectivity index (χ3n) is 3.95. The van der Waals surface area contributed by atoms with Crippen LogP contribution in [-0.4, -0.2) is 16.0 Å². The van der Waals surface area contributed by atoms with Crippen molar-refractivity contribution in [3.63, 3.8) is 0 Å². The van der Waals surface area contributed by atoms with Crippen molar-refractivity contribution in [2.75, 3.05) is 5.32 Å². The molecule has 26 heavy (non-hydrogen) atoms. The number of aromatic nitrogens is 2. The highest BCUT2D eigenvalue weighted by Gasteiger charge is 2.13. The lowest BCUT2D eigenvalue weighted by Gasteiger charge is -2.03. The van der Waals surface area contributed by atoms with Gasteiger partial charge in [0, 0.05) is 16.8 Å². The second kappa shape index (κ2) is 6.68. The highest BCUT2D eigenvalue weighted by atomic mass is 16.5. The molecule has 4 rings (SSSR count). The number of carbonyl (C=O) groups is 1. The smallest absolute Gasteiger partial charge is 0.291 e. The molecule has 1 N–H and O–H groups in total. The van der Waals surface area contributed by atoms with E-state index in [-0.39, 0.29) is 11.7 Å².